The van der Waals surface area contributed by atoms with Crippen LogP contribution in [0.5, 0.6) is 0 Å². The van der Waals surface area contributed by atoms with Crippen molar-refractivity contribution in [1.29, 1.82) is 0 Å². The van der Waals surface area contributed by atoms with Gasteiger partial charge in [0.25, 0.3) is 11.8 Å². The number of anilines is 1. The number of nitrogens with zero attached hydrogens (tertiary/aromatic N) is 3. The van der Waals surface area contributed by atoms with Crippen LogP contribution in [0.1, 0.15) is 66.8 Å². The molecule has 1 fully saturated rings. The highest BCUT2D eigenvalue weighted by Gasteiger charge is 2.36. The molecule has 2 atom stereocenters. The van der Waals surface area contributed by atoms with E-state index < -0.39 is 29.4 Å². The number of aryl methyl sites for hydroxylation is 2. The average Bonchev–Trinajstić information content (AvgIpc) is 3.24. The number of benzene rings is 1. The van der Waals surface area contributed by atoms with Gasteiger partial charge in [0.2, 0.25) is 0 Å². The van der Waals surface area contributed by atoms with Crippen LogP contribution >= 0.6 is 0 Å². The van der Waals surface area contributed by atoms with Gasteiger partial charge in [-0.15, -0.1) is 0 Å². The van der Waals surface area contributed by atoms with Crippen molar-refractivity contribution in [2.75, 3.05) is 5.32 Å². The summed E-state index contributed by atoms with van der Waals surface area (Å²) in [5.41, 5.74) is -0.152. The Kier molecular flexibility index (Phi) is 6.94. The molecule has 1 amide bonds. The Balaban J connectivity index is 1.54. The molecule has 1 aliphatic rings. The molecule has 0 saturated heterocycles. The molecule has 2 N–H and O–H groups in total. The van der Waals surface area contributed by atoms with Gasteiger partial charge in [-0.2, -0.15) is 27.1 Å². The summed E-state index contributed by atoms with van der Waals surface area (Å²) in [6.07, 6.45) is -0.984. The van der Waals surface area contributed by atoms with E-state index in [1.165, 1.54) is 0 Å². The zero-order valence-corrected chi connectivity index (χ0v) is 20.2. The molecule has 36 heavy (non-hydrogen) atoms. The van der Waals surface area contributed by atoms with Crippen LogP contribution in [-0.2, 0) is 18.6 Å². The van der Waals surface area contributed by atoms with Crippen molar-refractivity contribution in [1.82, 2.24) is 20.1 Å². The number of nitrogens with one attached hydrogen (secondary N) is 2. The van der Waals surface area contributed by atoms with E-state index in [9.17, 15) is 26.7 Å². The van der Waals surface area contributed by atoms with Gasteiger partial charge >= 0.3 is 6.18 Å². The molecule has 1 aromatic carbocycles. The molecule has 4 rings (SSSR count). The van der Waals surface area contributed by atoms with Crippen LogP contribution in [0.2, 0.25) is 0 Å². The summed E-state index contributed by atoms with van der Waals surface area (Å²) in [7, 11) is 0. The van der Waals surface area contributed by atoms with Gasteiger partial charge < -0.3 is 10.6 Å². The number of fused-ring (bicyclic) bond motifs is 1. The minimum absolute atomic E-state index is 0.176. The first-order valence-electron chi connectivity index (χ1n) is 11.9. The van der Waals surface area contributed by atoms with E-state index in [1.807, 2.05) is 6.92 Å². The second kappa shape index (κ2) is 9.67. The number of rotatable bonds is 6. The van der Waals surface area contributed by atoms with E-state index in [0.29, 0.717) is 36.8 Å². The van der Waals surface area contributed by atoms with E-state index in [0.717, 1.165) is 29.4 Å². The number of alkyl halides is 5. The molecule has 0 aliphatic heterocycles. The summed E-state index contributed by atoms with van der Waals surface area (Å²) in [6, 6.07) is 5.52. The van der Waals surface area contributed by atoms with Gasteiger partial charge in [-0.1, -0.05) is 11.6 Å². The topological polar surface area (TPSA) is 71.8 Å². The highest BCUT2D eigenvalue weighted by molar-refractivity contribution is 5.95. The van der Waals surface area contributed by atoms with Crippen LogP contribution in [0.4, 0.5) is 27.6 Å². The normalized spacial score (nSPS) is 18.9. The van der Waals surface area contributed by atoms with E-state index >= 15 is 0 Å². The lowest BCUT2D eigenvalue weighted by atomic mass is 9.90. The lowest BCUT2D eigenvalue weighted by Crippen LogP contribution is -2.42. The minimum atomic E-state index is -4.60. The molecule has 194 valence electrons. The molecular weight excluding hydrogens is 481 g/mol. The van der Waals surface area contributed by atoms with Gasteiger partial charge in [0.15, 0.2) is 0 Å². The van der Waals surface area contributed by atoms with E-state index in [4.69, 9.17) is 0 Å². The number of halogens is 5. The summed E-state index contributed by atoms with van der Waals surface area (Å²) >= 11 is 0. The Morgan fingerprint density at radius 3 is 2.53 bits per heavy atom. The second-order valence-electron chi connectivity index (χ2n) is 9.36. The van der Waals surface area contributed by atoms with Gasteiger partial charge in [0, 0.05) is 36.6 Å². The van der Waals surface area contributed by atoms with Crippen molar-refractivity contribution >= 4 is 22.5 Å². The molecule has 11 heteroatoms. The van der Waals surface area contributed by atoms with Crippen LogP contribution in [0.25, 0.3) is 10.9 Å². The molecule has 6 nitrogen and oxygen atoms in total. The smallest absolute Gasteiger partial charge is 0.382 e. The highest BCUT2D eigenvalue weighted by atomic mass is 19.4. The lowest BCUT2D eigenvalue weighted by molar-refractivity contribution is -0.140. The Bertz CT molecular complexity index is 1260. The first-order chi connectivity index (χ1) is 16.9. The van der Waals surface area contributed by atoms with Crippen LogP contribution in [0.3, 0.4) is 0 Å². The largest absolute Gasteiger partial charge is 0.433 e. The van der Waals surface area contributed by atoms with E-state index in [-0.39, 0.29) is 29.7 Å². The number of hydrogen-bond donors (Lipinski definition) is 2. The molecule has 0 spiro atoms. The van der Waals surface area contributed by atoms with Crippen molar-refractivity contribution < 1.29 is 26.7 Å². The standard InChI is InChI=1S/C25H28F5N5O/c1-4-35-22(24(3,26)27)18(13-31-35)23(36)33-16-7-5-6-15(11-16)32-20-12-21(25(28,29)30)34-19-9-8-14(2)10-17(19)20/h8-10,12-13,15-16H,4-7,11H2,1-3H3,(H,32,34)(H,33,36)/t15-,16+/m0/s1. The first-order valence-corrected chi connectivity index (χ1v) is 11.9. The van der Waals surface area contributed by atoms with Gasteiger partial charge in [-0.25, -0.2) is 4.98 Å². The fourth-order valence-corrected chi connectivity index (χ4v) is 4.79. The molecule has 0 unspecified atom stereocenters. The second-order valence-corrected chi connectivity index (χ2v) is 9.36. The Morgan fingerprint density at radius 2 is 1.86 bits per heavy atom. The molecule has 3 aromatic rings. The van der Waals surface area contributed by atoms with Crippen LogP contribution in [0.15, 0.2) is 30.5 Å². The van der Waals surface area contributed by atoms with E-state index in [1.54, 1.807) is 25.1 Å². The number of amides is 1. The Morgan fingerprint density at radius 1 is 1.14 bits per heavy atom. The number of carbonyl (C=O) groups is 1. The zero-order chi connectivity index (χ0) is 26.3. The summed E-state index contributed by atoms with van der Waals surface area (Å²) in [5.74, 6) is -3.88. The van der Waals surface area contributed by atoms with Gasteiger partial charge in [0.1, 0.15) is 11.4 Å². The summed E-state index contributed by atoms with van der Waals surface area (Å²) in [5, 5.41) is 10.5. The third-order valence-electron chi connectivity index (χ3n) is 6.42. The summed E-state index contributed by atoms with van der Waals surface area (Å²) in [4.78, 5) is 16.7. The summed E-state index contributed by atoms with van der Waals surface area (Å²) < 4.78 is 69.9. The monoisotopic (exact) mass is 509 g/mol. The molecule has 1 aliphatic carbocycles. The molecule has 2 aromatic heterocycles. The molecule has 0 bridgehead atoms. The van der Waals surface area contributed by atoms with Crippen molar-refractivity contribution in [2.24, 2.45) is 0 Å². The quantitative estimate of drug-likeness (QED) is 0.397. The maximum atomic E-state index is 14.2. The number of carbonyl (C=O) groups excluding carboxylic acids is 1. The molecule has 2 heterocycles. The van der Waals surface area contributed by atoms with E-state index in [2.05, 4.69) is 20.7 Å². The van der Waals surface area contributed by atoms with Gasteiger partial charge in [-0.05, 0) is 57.7 Å². The van der Waals surface area contributed by atoms with Crippen molar-refractivity contribution in [3.63, 3.8) is 0 Å². The fourth-order valence-electron chi connectivity index (χ4n) is 4.79. The Labute approximate surface area is 205 Å². The minimum Gasteiger partial charge on any atom is -0.382 e. The zero-order valence-electron chi connectivity index (χ0n) is 20.2. The number of pyridine rings is 1. The first kappa shape index (κ1) is 25.8. The SMILES string of the molecule is CCn1ncc(C(=O)N[C@@H]2CCC[C@H](Nc3cc(C(F)(F)F)nc4ccc(C)cc34)C2)c1C(C)(F)F. The van der Waals surface area contributed by atoms with Crippen LogP contribution in [-0.4, -0.2) is 32.8 Å². The van der Waals surface area contributed by atoms with Crippen molar-refractivity contribution in [3.05, 3.63) is 53.0 Å². The summed E-state index contributed by atoms with van der Waals surface area (Å²) in [6.45, 7) is 4.43. The fraction of sp³-hybridized carbons (Fsp3) is 0.480. The molecule has 1 saturated carbocycles. The molecular formula is C25H28F5N5O. The van der Waals surface area contributed by atoms with Gasteiger partial charge in [0.05, 0.1) is 17.3 Å². The molecule has 0 radical (unpaired) electrons. The maximum Gasteiger partial charge on any atom is 0.433 e. The number of hydrogen-bond acceptors (Lipinski definition) is 4. The van der Waals surface area contributed by atoms with Crippen molar-refractivity contribution in [2.45, 2.75) is 77.2 Å². The predicted octanol–water partition coefficient (Wildman–Crippen LogP) is 6.04. The maximum absolute atomic E-state index is 14.2. The van der Waals surface area contributed by atoms with Crippen molar-refractivity contribution in [3.8, 4) is 0 Å². The van der Waals surface area contributed by atoms with Crippen LogP contribution < -0.4 is 10.6 Å². The number of aromatic nitrogens is 3. The Hall–Kier alpha value is -3.24. The van der Waals surface area contributed by atoms with Crippen LogP contribution in [0, 0.1) is 6.92 Å². The predicted molar refractivity (Wildman–Crippen MR) is 126 cm³/mol. The third kappa shape index (κ3) is 5.44. The average molecular weight is 510 g/mol. The highest BCUT2D eigenvalue weighted by Crippen LogP contribution is 2.35. The third-order valence-corrected chi connectivity index (χ3v) is 6.42. The van der Waals surface area contributed by atoms with Gasteiger partial charge in [-0.3, -0.25) is 9.48 Å². The lowest BCUT2D eigenvalue weighted by Gasteiger charge is -2.31.